The third kappa shape index (κ3) is 4.58. The highest BCUT2D eigenvalue weighted by atomic mass is 35.5. The zero-order valence-corrected chi connectivity index (χ0v) is 16.1. The van der Waals surface area contributed by atoms with Crippen molar-refractivity contribution in [3.05, 3.63) is 40.8 Å². The predicted molar refractivity (Wildman–Crippen MR) is 109 cm³/mol. The van der Waals surface area contributed by atoms with Crippen LogP contribution in [0.15, 0.2) is 24.3 Å². The number of rotatable bonds is 10. The van der Waals surface area contributed by atoms with Crippen molar-refractivity contribution in [1.29, 1.82) is 0 Å². The van der Waals surface area contributed by atoms with Crippen LogP contribution in [0, 0.1) is 0 Å². The highest BCUT2D eigenvalue weighted by Crippen LogP contribution is 2.39. The minimum Gasteiger partial charge on any atom is -0.357 e. The molecule has 1 amide bonds. The van der Waals surface area contributed by atoms with Gasteiger partial charge in [-0.2, -0.15) is 5.10 Å². The molecule has 0 saturated heterocycles. The van der Waals surface area contributed by atoms with Crippen LogP contribution >= 0.6 is 11.6 Å². The zero-order valence-electron chi connectivity index (χ0n) is 15.3. The molecule has 0 bridgehead atoms. The van der Waals surface area contributed by atoms with Gasteiger partial charge in [0.25, 0.3) is 0 Å². The maximum absolute atomic E-state index is 10.3. The topological polar surface area (TPSA) is 108 Å². The van der Waals surface area contributed by atoms with Gasteiger partial charge in [-0.25, -0.2) is 9.97 Å². The SMILES string of the molecule is O=CNCCNCCc1nc(Nc2cc(C3CC3)[nH]n2)c2cc(Cl)ccc2n1. The molecule has 1 saturated carbocycles. The molecule has 0 spiro atoms. The van der Waals surface area contributed by atoms with E-state index in [2.05, 4.69) is 31.1 Å². The lowest BCUT2D eigenvalue weighted by Gasteiger charge is -2.10. The van der Waals surface area contributed by atoms with E-state index in [-0.39, 0.29) is 0 Å². The quantitative estimate of drug-likeness (QED) is 0.308. The fourth-order valence-electron chi connectivity index (χ4n) is 3.03. The van der Waals surface area contributed by atoms with Crippen LogP contribution in [0.2, 0.25) is 5.02 Å². The summed E-state index contributed by atoms with van der Waals surface area (Å²) in [5.41, 5.74) is 1.99. The number of hydrogen-bond acceptors (Lipinski definition) is 6. The van der Waals surface area contributed by atoms with Crippen LogP contribution in [0.3, 0.4) is 0 Å². The lowest BCUT2D eigenvalue weighted by molar-refractivity contribution is -0.109. The Bertz CT molecular complexity index is 970. The van der Waals surface area contributed by atoms with Crippen LogP contribution in [0.1, 0.15) is 30.3 Å². The number of carbonyl (C=O) groups is 1. The number of nitrogens with one attached hydrogen (secondary N) is 4. The summed E-state index contributed by atoms with van der Waals surface area (Å²) in [7, 11) is 0. The number of benzene rings is 1. The number of hydrogen-bond donors (Lipinski definition) is 4. The van der Waals surface area contributed by atoms with Gasteiger partial charge >= 0.3 is 0 Å². The first kappa shape index (κ1) is 18.6. The van der Waals surface area contributed by atoms with E-state index in [1.54, 1.807) is 0 Å². The van der Waals surface area contributed by atoms with Gasteiger partial charge in [0.1, 0.15) is 11.6 Å². The molecule has 2 heterocycles. The third-order valence-electron chi connectivity index (χ3n) is 4.62. The number of aromatic nitrogens is 4. The van der Waals surface area contributed by atoms with Gasteiger partial charge in [-0.05, 0) is 31.0 Å². The molecule has 9 heteroatoms. The number of aromatic amines is 1. The number of anilines is 2. The summed E-state index contributed by atoms with van der Waals surface area (Å²) in [6.45, 7) is 2.01. The van der Waals surface area contributed by atoms with Crippen molar-refractivity contribution in [2.75, 3.05) is 25.0 Å². The van der Waals surface area contributed by atoms with E-state index in [1.807, 2.05) is 24.3 Å². The average molecular weight is 400 g/mol. The van der Waals surface area contributed by atoms with Gasteiger partial charge in [-0.3, -0.25) is 9.89 Å². The van der Waals surface area contributed by atoms with Gasteiger partial charge in [-0.1, -0.05) is 11.6 Å². The third-order valence-corrected chi connectivity index (χ3v) is 4.86. The van der Waals surface area contributed by atoms with Crippen molar-refractivity contribution in [2.45, 2.75) is 25.2 Å². The molecule has 8 nitrogen and oxygen atoms in total. The first-order chi connectivity index (χ1) is 13.7. The van der Waals surface area contributed by atoms with Crippen molar-refractivity contribution in [2.24, 2.45) is 0 Å². The molecule has 0 atom stereocenters. The van der Waals surface area contributed by atoms with Crippen LogP contribution in [0.25, 0.3) is 10.9 Å². The lowest BCUT2D eigenvalue weighted by atomic mass is 10.2. The van der Waals surface area contributed by atoms with Crippen LogP contribution in [-0.2, 0) is 11.2 Å². The number of nitrogens with zero attached hydrogens (tertiary/aromatic N) is 3. The van der Waals surface area contributed by atoms with E-state index in [0.717, 1.165) is 28.2 Å². The number of carbonyl (C=O) groups excluding carboxylic acids is 1. The molecule has 1 fully saturated rings. The Morgan fingerprint density at radius 2 is 2.07 bits per heavy atom. The second-order valence-corrected chi connectivity index (χ2v) is 7.27. The number of H-pyrrole nitrogens is 1. The van der Waals surface area contributed by atoms with Crippen LogP contribution in [0.4, 0.5) is 11.6 Å². The van der Waals surface area contributed by atoms with E-state index in [4.69, 9.17) is 16.6 Å². The number of amides is 1. The molecule has 146 valence electrons. The average Bonchev–Trinajstić information content (AvgIpc) is 3.44. The number of fused-ring (bicyclic) bond motifs is 1. The molecule has 0 unspecified atom stereocenters. The summed E-state index contributed by atoms with van der Waals surface area (Å²) in [4.78, 5) is 19.6. The normalized spacial score (nSPS) is 13.6. The Morgan fingerprint density at radius 1 is 1.18 bits per heavy atom. The van der Waals surface area contributed by atoms with Gasteiger partial charge < -0.3 is 16.0 Å². The lowest BCUT2D eigenvalue weighted by Crippen LogP contribution is -2.28. The molecule has 1 aliphatic carbocycles. The van der Waals surface area contributed by atoms with Crippen molar-refractivity contribution in [3.63, 3.8) is 0 Å². The molecule has 2 aromatic heterocycles. The molecule has 3 aromatic rings. The van der Waals surface area contributed by atoms with Gasteiger partial charge in [0, 0.05) is 54.1 Å². The maximum Gasteiger partial charge on any atom is 0.207 e. The molecule has 28 heavy (non-hydrogen) atoms. The molecule has 0 radical (unpaired) electrons. The van der Waals surface area contributed by atoms with E-state index in [0.29, 0.717) is 49.2 Å². The smallest absolute Gasteiger partial charge is 0.207 e. The summed E-state index contributed by atoms with van der Waals surface area (Å²) >= 11 is 6.19. The Hall–Kier alpha value is -2.71. The molecule has 4 rings (SSSR count). The second-order valence-electron chi connectivity index (χ2n) is 6.83. The first-order valence-corrected chi connectivity index (χ1v) is 9.77. The van der Waals surface area contributed by atoms with Crippen molar-refractivity contribution in [3.8, 4) is 0 Å². The van der Waals surface area contributed by atoms with E-state index < -0.39 is 0 Å². The van der Waals surface area contributed by atoms with Crippen molar-refractivity contribution >= 4 is 40.5 Å². The second kappa shape index (κ2) is 8.53. The van der Waals surface area contributed by atoms with Crippen LogP contribution < -0.4 is 16.0 Å². The Labute approximate surface area is 167 Å². The minimum atomic E-state index is 0.593. The van der Waals surface area contributed by atoms with Crippen LogP contribution in [0.5, 0.6) is 0 Å². The fourth-order valence-corrected chi connectivity index (χ4v) is 3.20. The Balaban J connectivity index is 1.52. The molecule has 0 aliphatic heterocycles. The summed E-state index contributed by atoms with van der Waals surface area (Å²) in [6, 6.07) is 7.63. The standard InChI is InChI=1S/C19H22ClN7O/c20-13-3-4-15-14(9-13)19(25-18-10-16(26-27-18)12-1-2-12)24-17(23-15)5-6-21-7-8-22-11-28/h3-4,9-12,21H,1-2,5-8H2,(H,22,28)(H2,23,24,25,26,27). The van der Waals surface area contributed by atoms with Gasteiger partial charge in [0.2, 0.25) is 6.41 Å². The molecular weight excluding hydrogens is 378 g/mol. The summed E-state index contributed by atoms with van der Waals surface area (Å²) in [5, 5.41) is 18.1. The Kier molecular flexibility index (Phi) is 5.68. The molecular formula is C19H22ClN7O. The zero-order chi connectivity index (χ0) is 19.3. The molecule has 4 N–H and O–H groups in total. The predicted octanol–water partition coefficient (Wildman–Crippen LogP) is 2.51. The molecule has 1 aliphatic rings. The van der Waals surface area contributed by atoms with E-state index in [9.17, 15) is 4.79 Å². The fraction of sp³-hybridized carbons (Fsp3) is 0.368. The van der Waals surface area contributed by atoms with Gasteiger partial charge in [0.05, 0.1) is 5.52 Å². The van der Waals surface area contributed by atoms with Gasteiger partial charge in [0.15, 0.2) is 5.82 Å². The number of halogens is 1. The van der Waals surface area contributed by atoms with Crippen molar-refractivity contribution in [1.82, 2.24) is 30.8 Å². The van der Waals surface area contributed by atoms with Crippen molar-refractivity contribution < 1.29 is 4.79 Å². The minimum absolute atomic E-state index is 0.593. The summed E-state index contributed by atoms with van der Waals surface area (Å²) in [5.74, 6) is 2.77. The van der Waals surface area contributed by atoms with Gasteiger partial charge in [-0.15, -0.1) is 0 Å². The van der Waals surface area contributed by atoms with E-state index in [1.165, 1.54) is 12.8 Å². The largest absolute Gasteiger partial charge is 0.357 e. The summed E-state index contributed by atoms with van der Waals surface area (Å²) in [6.07, 6.45) is 3.80. The Morgan fingerprint density at radius 3 is 2.89 bits per heavy atom. The highest BCUT2D eigenvalue weighted by molar-refractivity contribution is 6.31. The van der Waals surface area contributed by atoms with Crippen LogP contribution in [-0.4, -0.2) is 46.2 Å². The monoisotopic (exact) mass is 399 g/mol. The summed E-state index contributed by atoms with van der Waals surface area (Å²) < 4.78 is 0. The molecule has 1 aromatic carbocycles. The van der Waals surface area contributed by atoms with E-state index >= 15 is 0 Å². The highest BCUT2D eigenvalue weighted by Gasteiger charge is 2.25. The maximum atomic E-state index is 10.3. The first-order valence-electron chi connectivity index (χ1n) is 9.39.